The number of amides is 2. The molecule has 0 saturated carbocycles. The lowest BCUT2D eigenvalue weighted by Gasteiger charge is -2.31. The molecule has 0 unspecified atom stereocenters. The summed E-state index contributed by atoms with van der Waals surface area (Å²) in [5, 5.41) is 6.22. The second-order valence-electron chi connectivity index (χ2n) is 6.72. The van der Waals surface area contributed by atoms with Crippen LogP contribution in [0.2, 0.25) is 0 Å². The Morgan fingerprint density at radius 3 is 2.38 bits per heavy atom. The molecular formula is C21H26N4O4. The van der Waals surface area contributed by atoms with Gasteiger partial charge in [-0.25, -0.2) is 9.78 Å². The van der Waals surface area contributed by atoms with Crippen molar-refractivity contribution in [3.05, 3.63) is 48.3 Å². The Balaban J connectivity index is 1.49. The number of hydrogen-bond acceptors (Lipinski definition) is 6. The molecule has 1 aromatic carbocycles. The molecule has 154 valence electrons. The first-order valence-corrected chi connectivity index (χ1v) is 9.68. The number of rotatable bonds is 6. The van der Waals surface area contributed by atoms with Crippen LogP contribution in [0.4, 0.5) is 16.2 Å². The van der Waals surface area contributed by atoms with Crippen LogP contribution in [-0.4, -0.2) is 54.7 Å². The number of carbonyl (C=O) groups excluding carboxylic acids is 2. The normalized spacial score (nSPS) is 14.2. The van der Waals surface area contributed by atoms with E-state index in [2.05, 4.69) is 15.6 Å². The number of anilines is 2. The molecule has 0 bridgehead atoms. The third-order valence-corrected chi connectivity index (χ3v) is 4.73. The Hall–Kier alpha value is -3.29. The second-order valence-corrected chi connectivity index (χ2v) is 6.72. The van der Waals surface area contributed by atoms with E-state index in [0.29, 0.717) is 38.2 Å². The van der Waals surface area contributed by atoms with Crippen LogP contribution >= 0.6 is 0 Å². The number of pyridine rings is 1. The van der Waals surface area contributed by atoms with Crippen molar-refractivity contribution in [2.45, 2.75) is 25.8 Å². The molecular weight excluding hydrogens is 372 g/mol. The molecule has 2 heterocycles. The summed E-state index contributed by atoms with van der Waals surface area (Å²) in [4.78, 5) is 30.1. The Morgan fingerprint density at radius 2 is 1.79 bits per heavy atom. The number of hydrogen-bond donors (Lipinski definition) is 2. The van der Waals surface area contributed by atoms with Crippen LogP contribution in [0.15, 0.2) is 42.6 Å². The number of methoxy groups -OCH3 is 1. The van der Waals surface area contributed by atoms with Crippen molar-refractivity contribution >= 4 is 23.4 Å². The van der Waals surface area contributed by atoms with Crippen molar-refractivity contribution in [3.8, 4) is 5.75 Å². The van der Waals surface area contributed by atoms with Gasteiger partial charge < -0.3 is 25.0 Å². The molecule has 1 saturated heterocycles. The monoisotopic (exact) mass is 398 g/mol. The van der Waals surface area contributed by atoms with Crippen molar-refractivity contribution in [2.75, 3.05) is 32.1 Å². The smallest absolute Gasteiger partial charge is 0.409 e. The van der Waals surface area contributed by atoms with Gasteiger partial charge in [0.2, 0.25) is 0 Å². The maximum atomic E-state index is 12.5. The number of likely N-dealkylation sites (tertiary alicyclic amines) is 1. The van der Waals surface area contributed by atoms with Gasteiger partial charge in [-0.15, -0.1) is 0 Å². The molecule has 2 amide bonds. The minimum Gasteiger partial charge on any atom is -0.497 e. The molecule has 1 fully saturated rings. The highest BCUT2D eigenvalue weighted by Crippen LogP contribution is 2.19. The maximum absolute atomic E-state index is 12.5. The average molecular weight is 398 g/mol. The Morgan fingerprint density at radius 1 is 1.10 bits per heavy atom. The second kappa shape index (κ2) is 9.77. The zero-order valence-corrected chi connectivity index (χ0v) is 16.7. The molecule has 2 N–H and O–H groups in total. The van der Waals surface area contributed by atoms with Gasteiger partial charge in [-0.1, -0.05) is 0 Å². The molecule has 1 aliphatic rings. The number of carbonyl (C=O) groups is 2. The van der Waals surface area contributed by atoms with Gasteiger partial charge in [-0.05, 0) is 56.2 Å². The van der Waals surface area contributed by atoms with E-state index in [1.165, 1.54) is 0 Å². The fourth-order valence-electron chi connectivity index (χ4n) is 3.12. The number of nitrogens with zero attached hydrogens (tertiary/aromatic N) is 2. The van der Waals surface area contributed by atoms with E-state index in [9.17, 15) is 9.59 Å². The standard InChI is InChI=1S/C21H26N4O4/c1-3-29-21(27)25-12-10-16(11-13-25)24-20(26)19-9-6-17(14-22-19)23-15-4-7-18(28-2)8-5-15/h4-9,14,16,23H,3,10-13H2,1-2H3,(H,24,26). The van der Waals surface area contributed by atoms with Gasteiger partial charge in [0.15, 0.2) is 0 Å². The first-order chi connectivity index (χ1) is 14.1. The van der Waals surface area contributed by atoms with Gasteiger partial charge in [0.25, 0.3) is 5.91 Å². The highest BCUT2D eigenvalue weighted by Gasteiger charge is 2.25. The van der Waals surface area contributed by atoms with Crippen LogP contribution in [0, 0.1) is 0 Å². The Kier molecular flexibility index (Phi) is 6.89. The van der Waals surface area contributed by atoms with Crippen LogP contribution in [-0.2, 0) is 4.74 Å². The summed E-state index contributed by atoms with van der Waals surface area (Å²) in [7, 11) is 1.62. The molecule has 0 aliphatic carbocycles. The number of piperidine rings is 1. The van der Waals surface area contributed by atoms with Gasteiger partial charge in [0, 0.05) is 24.8 Å². The molecule has 8 heteroatoms. The third-order valence-electron chi connectivity index (χ3n) is 4.73. The first-order valence-electron chi connectivity index (χ1n) is 9.68. The van der Waals surface area contributed by atoms with E-state index in [1.807, 2.05) is 30.3 Å². The van der Waals surface area contributed by atoms with Crippen LogP contribution in [0.1, 0.15) is 30.3 Å². The topological polar surface area (TPSA) is 92.8 Å². The minimum absolute atomic E-state index is 0.0204. The molecule has 1 aromatic heterocycles. The summed E-state index contributed by atoms with van der Waals surface area (Å²) in [6, 6.07) is 11.1. The lowest BCUT2D eigenvalue weighted by atomic mass is 10.1. The van der Waals surface area contributed by atoms with E-state index in [1.54, 1.807) is 31.2 Å². The first kappa shape index (κ1) is 20.4. The van der Waals surface area contributed by atoms with Crippen LogP contribution in [0.5, 0.6) is 5.75 Å². The van der Waals surface area contributed by atoms with E-state index in [4.69, 9.17) is 9.47 Å². The summed E-state index contributed by atoms with van der Waals surface area (Å²) in [6.45, 7) is 3.30. The highest BCUT2D eigenvalue weighted by atomic mass is 16.6. The van der Waals surface area contributed by atoms with Crippen molar-refractivity contribution in [1.82, 2.24) is 15.2 Å². The SMILES string of the molecule is CCOC(=O)N1CCC(NC(=O)c2ccc(Nc3ccc(OC)cc3)cn2)CC1. The molecule has 0 spiro atoms. The van der Waals surface area contributed by atoms with Crippen molar-refractivity contribution < 1.29 is 19.1 Å². The minimum atomic E-state index is -0.293. The number of nitrogens with one attached hydrogen (secondary N) is 2. The van der Waals surface area contributed by atoms with E-state index < -0.39 is 0 Å². The van der Waals surface area contributed by atoms with Crippen molar-refractivity contribution in [1.29, 1.82) is 0 Å². The lowest BCUT2D eigenvalue weighted by molar-refractivity contribution is 0.0856. The van der Waals surface area contributed by atoms with E-state index >= 15 is 0 Å². The van der Waals surface area contributed by atoms with E-state index in [-0.39, 0.29) is 18.0 Å². The van der Waals surface area contributed by atoms with Crippen molar-refractivity contribution in [2.24, 2.45) is 0 Å². The molecule has 3 rings (SSSR count). The third kappa shape index (κ3) is 5.60. The Bertz CT molecular complexity index is 816. The summed E-state index contributed by atoms with van der Waals surface area (Å²) in [5.41, 5.74) is 2.05. The van der Waals surface area contributed by atoms with Gasteiger partial charge in [0.05, 0.1) is 25.6 Å². The van der Waals surface area contributed by atoms with Gasteiger partial charge in [-0.2, -0.15) is 0 Å². The van der Waals surface area contributed by atoms with Crippen LogP contribution < -0.4 is 15.4 Å². The molecule has 2 aromatic rings. The predicted octanol–water partition coefficient (Wildman–Crippen LogP) is 3.18. The number of aromatic nitrogens is 1. The lowest BCUT2D eigenvalue weighted by Crippen LogP contribution is -2.46. The average Bonchev–Trinajstić information content (AvgIpc) is 2.75. The van der Waals surface area contributed by atoms with Gasteiger partial charge in [-0.3, -0.25) is 4.79 Å². The molecule has 8 nitrogen and oxygen atoms in total. The number of ether oxygens (including phenoxy) is 2. The van der Waals surface area contributed by atoms with Crippen molar-refractivity contribution in [3.63, 3.8) is 0 Å². The summed E-state index contributed by atoms with van der Waals surface area (Å²) in [5.74, 6) is 0.573. The Labute approximate surface area is 170 Å². The molecule has 1 aliphatic heterocycles. The fraction of sp³-hybridized carbons (Fsp3) is 0.381. The zero-order chi connectivity index (χ0) is 20.6. The summed E-state index contributed by atoms with van der Waals surface area (Å²) < 4.78 is 10.2. The molecule has 0 atom stereocenters. The van der Waals surface area contributed by atoms with E-state index in [0.717, 1.165) is 17.1 Å². The fourth-order valence-corrected chi connectivity index (χ4v) is 3.12. The summed E-state index contributed by atoms with van der Waals surface area (Å²) in [6.07, 6.45) is 2.73. The zero-order valence-electron chi connectivity index (χ0n) is 16.7. The number of benzene rings is 1. The maximum Gasteiger partial charge on any atom is 0.409 e. The molecule has 0 radical (unpaired) electrons. The quantitative estimate of drug-likeness (QED) is 0.776. The van der Waals surface area contributed by atoms with Gasteiger partial charge in [0.1, 0.15) is 11.4 Å². The largest absolute Gasteiger partial charge is 0.497 e. The van der Waals surface area contributed by atoms with Crippen LogP contribution in [0.3, 0.4) is 0 Å². The molecule has 29 heavy (non-hydrogen) atoms. The highest BCUT2D eigenvalue weighted by molar-refractivity contribution is 5.92. The van der Waals surface area contributed by atoms with Gasteiger partial charge >= 0.3 is 6.09 Å². The summed E-state index contributed by atoms with van der Waals surface area (Å²) >= 11 is 0. The van der Waals surface area contributed by atoms with Crippen LogP contribution in [0.25, 0.3) is 0 Å². The predicted molar refractivity (Wildman–Crippen MR) is 110 cm³/mol.